The minimum Gasteiger partial charge on any atom is -0.370 e. The summed E-state index contributed by atoms with van der Waals surface area (Å²) < 4.78 is 4.16. The molecule has 3 unspecified atom stereocenters. The van der Waals surface area contributed by atoms with Gasteiger partial charge >= 0.3 is 0 Å². The van der Waals surface area contributed by atoms with E-state index in [2.05, 4.69) is 41.2 Å². The first-order chi connectivity index (χ1) is 9.76. The molecule has 1 fully saturated rings. The van der Waals surface area contributed by atoms with E-state index in [1.54, 1.807) is 0 Å². The van der Waals surface area contributed by atoms with Crippen LogP contribution in [0, 0.1) is 5.92 Å². The van der Waals surface area contributed by atoms with Crippen LogP contribution < -0.4 is 5.32 Å². The van der Waals surface area contributed by atoms with Crippen molar-refractivity contribution in [2.24, 2.45) is 5.92 Å². The minimum atomic E-state index is 0.328. The second-order valence-electron chi connectivity index (χ2n) is 6.08. The third kappa shape index (κ3) is 1.84. The van der Waals surface area contributed by atoms with Gasteiger partial charge < -0.3 is 5.32 Å². The lowest BCUT2D eigenvalue weighted by molar-refractivity contribution is 0.477. The van der Waals surface area contributed by atoms with Crippen LogP contribution in [0.1, 0.15) is 49.9 Å². The maximum absolute atomic E-state index is 4.87. The second kappa shape index (κ2) is 4.36. The fourth-order valence-corrected chi connectivity index (χ4v) is 3.19. The molecule has 5 heteroatoms. The molecule has 1 aliphatic carbocycles. The number of hydrogen-bond acceptors (Lipinski definition) is 3. The van der Waals surface area contributed by atoms with E-state index in [9.17, 15) is 0 Å². The summed E-state index contributed by atoms with van der Waals surface area (Å²) in [5, 5.41) is 12.8. The molecule has 20 heavy (non-hydrogen) atoms. The number of nitrogens with zero attached hydrogens (tertiary/aromatic N) is 4. The van der Waals surface area contributed by atoms with Gasteiger partial charge in [0, 0.05) is 36.8 Å². The monoisotopic (exact) mass is 271 g/mol. The largest absolute Gasteiger partial charge is 0.370 e. The zero-order valence-electron chi connectivity index (χ0n) is 12.1. The predicted molar refractivity (Wildman–Crippen MR) is 77.9 cm³/mol. The van der Waals surface area contributed by atoms with Crippen molar-refractivity contribution in [3.8, 4) is 0 Å². The van der Waals surface area contributed by atoms with Crippen LogP contribution in [0.25, 0.3) is 0 Å². The van der Waals surface area contributed by atoms with Crippen molar-refractivity contribution in [2.45, 2.75) is 45.2 Å². The van der Waals surface area contributed by atoms with Gasteiger partial charge in [-0.1, -0.05) is 6.92 Å². The molecule has 3 heterocycles. The summed E-state index contributed by atoms with van der Waals surface area (Å²) >= 11 is 0. The zero-order chi connectivity index (χ0) is 13.7. The summed E-state index contributed by atoms with van der Waals surface area (Å²) in [4.78, 5) is 0. The molecule has 1 aliphatic heterocycles. The van der Waals surface area contributed by atoms with Gasteiger partial charge in [-0.15, -0.1) is 0 Å². The summed E-state index contributed by atoms with van der Waals surface area (Å²) in [6, 6.07) is 2.57. The SMILES string of the molecule is CCn1cc(C2CCNc3cc(C4CC4C)nn32)cn1. The molecule has 2 aromatic heterocycles. The minimum absolute atomic E-state index is 0.328. The molecule has 0 radical (unpaired) electrons. The van der Waals surface area contributed by atoms with Crippen LogP contribution in [0.3, 0.4) is 0 Å². The number of anilines is 1. The fourth-order valence-electron chi connectivity index (χ4n) is 3.19. The van der Waals surface area contributed by atoms with Crippen LogP contribution in [0.4, 0.5) is 5.82 Å². The van der Waals surface area contributed by atoms with E-state index >= 15 is 0 Å². The molecule has 0 bridgehead atoms. The highest BCUT2D eigenvalue weighted by Crippen LogP contribution is 2.47. The summed E-state index contributed by atoms with van der Waals surface area (Å²) in [6.45, 7) is 6.35. The first-order valence-corrected chi connectivity index (χ1v) is 7.62. The summed E-state index contributed by atoms with van der Waals surface area (Å²) in [6.07, 6.45) is 6.50. The molecular formula is C15H21N5. The molecule has 1 N–H and O–H groups in total. The smallest absolute Gasteiger partial charge is 0.125 e. The molecule has 1 saturated carbocycles. The van der Waals surface area contributed by atoms with Crippen molar-refractivity contribution in [1.82, 2.24) is 19.6 Å². The van der Waals surface area contributed by atoms with Gasteiger partial charge in [0.1, 0.15) is 5.82 Å². The third-order valence-corrected chi connectivity index (χ3v) is 4.63. The average Bonchev–Trinajstić information content (AvgIpc) is 2.93. The van der Waals surface area contributed by atoms with E-state index in [1.165, 1.54) is 23.5 Å². The maximum Gasteiger partial charge on any atom is 0.125 e. The highest BCUT2D eigenvalue weighted by Gasteiger charge is 2.37. The molecule has 4 rings (SSSR count). The lowest BCUT2D eigenvalue weighted by atomic mass is 10.1. The van der Waals surface area contributed by atoms with E-state index in [4.69, 9.17) is 5.10 Å². The molecule has 2 aliphatic rings. The Hall–Kier alpha value is -1.78. The van der Waals surface area contributed by atoms with Crippen LogP contribution in [0.2, 0.25) is 0 Å². The van der Waals surface area contributed by atoms with Gasteiger partial charge in [0.05, 0.1) is 17.9 Å². The summed E-state index contributed by atoms with van der Waals surface area (Å²) in [5.41, 5.74) is 2.53. The maximum atomic E-state index is 4.87. The Balaban J connectivity index is 1.68. The first kappa shape index (κ1) is 12.0. The van der Waals surface area contributed by atoms with Gasteiger partial charge in [-0.25, -0.2) is 4.68 Å². The number of hydrogen-bond donors (Lipinski definition) is 1. The van der Waals surface area contributed by atoms with E-state index in [0.29, 0.717) is 12.0 Å². The van der Waals surface area contributed by atoms with Gasteiger partial charge in [-0.3, -0.25) is 4.68 Å². The van der Waals surface area contributed by atoms with Gasteiger partial charge in [0.2, 0.25) is 0 Å². The van der Waals surface area contributed by atoms with E-state index in [1.807, 2.05) is 10.9 Å². The van der Waals surface area contributed by atoms with Crippen LogP contribution in [-0.4, -0.2) is 26.1 Å². The Bertz CT molecular complexity index is 626. The normalized spacial score (nSPS) is 28.0. The lowest BCUT2D eigenvalue weighted by Crippen LogP contribution is -2.24. The number of nitrogens with one attached hydrogen (secondary N) is 1. The van der Waals surface area contributed by atoms with Gasteiger partial charge in [-0.2, -0.15) is 10.2 Å². The predicted octanol–water partition coefficient (Wildman–Crippen LogP) is 2.63. The van der Waals surface area contributed by atoms with Crippen molar-refractivity contribution >= 4 is 5.82 Å². The molecule has 2 aromatic rings. The molecular weight excluding hydrogens is 250 g/mol. The Kier molecular flexibility index (Phi) is 2.62. The summed E-state index contributed by atoms with van der Waals surface area (Å²) in [5.74, 6) is 2.64. The number of aromatic nitrogens is 4. The fraction of sp³-hybridized carbons (Fsp3) is 0.600. The highest BCUT2D eigenvalue weighted by atomic mass is 15.4. The molecule has 0 saturated heterocycles. The van der Waals surface area contributed by atoms with Gasteiger partial charge in [0.25, 0.3) is 0 Å². The van der Waals surface area contributed by atoms with Crippen LogP contribution in [-0.2, 0) is 6.54 Å². The third-order valence-electron chi connectivity index (χ3n) is 4.63. The average molecular weight is 271 g/mol. The Morgan fingerprint density at radius 3 is 3.00 bits per heavy atom. The molecule has 0 spiro atoms. The molecule has 0 aromatic carbocycles. The molecule has 5 nitrogen and oxygen atoms in total. The second-order valence-corrected chi connectivity index (χ2v) is 6.08. The Labute approximate surface area is 119 Å². The highest BCUT2D eigenvalue weighted by molar-refractivity contribution is 5.43. The standard InChI is InChI=1S/C15H21N5/c1-3-19-9-11(8-17-19)14-4-5-16-15-7-13(18-20(14)15)12-6-10(12)2/h7-10,12,14,16H,3-6H2,1-2H3. The van der Waals surface area contributed by atoms with Crippen molar-refractivity contribution in [1.29, 1.82) is 0 Å². The van der Waals surface area contributed by atoms with Crippen molar-refractivity contribution in [2.75, 3.05) is 11.9 Å². The lowest BCUT2D eigenvalue weighted by Gasteiger charge is -2.24. The quantitative estimate of drug-likeness (QED) is 0.933. The van der Waals surface area contributed by atoms with E-state index in [0.717, 1.165) is 25.4 Å². The van der Waals surface area contributed by atoms with E-state index < -0.39 is 0 Å². The Morgan fingerprint density at radius 1 is 1.45 bits per heavy atom. The first-order valence-electron chi connectivity index (χ1n) is 7.62. The zero-order valence-corrected chi connectivity index (χ0v) is 12.1. The van der Waals surface area contributed by atoms with Gasteiger partial charge in [0.15, 0.2) is 0 Å². The molecule has 0 amide bonds. The van der Waals surface area contributed by atoms with Crippen LogP contribution in [0.5, 0.6) is 0 Å². The molecule has 3 atom stereocenters. The van der Waals surface area contributed by atoms with Crippen molar-refractivity contribution in [3.63, 3.8) is 0 Å². The van der Waals surface area contributed by atoms with Crippen LogP contribution in [0.15, 0.2) is 18.5 Å². The number of rotatable bonds is 3. The number of fused-ring (bicyclic) bond motifs is 1. The number of aryl methyl sites for hydroxylation is 1. The molecule has 106 valence electrons. The van der Waals surface area contributed by atoms with Crippen molar-refractivity contribution < 1.29 is 0 Å². The topological polar surface area (TPSA) is 47.7 Å². The Morgan fingerprint density at radius 2 is 2.30 bits per heavy atom. The summed E-state index contributed by atoms with van der Waals surface area (Å²) in [7, 11) is 0. The van der Waals surface area contributed by atoms with Crippen molar-refractivity contribution in [3.05, 3.63) is 29.7 Å². The van der Waals surface area contributed by atoms with Crippen LogP contribution >= 0.6 is 0 Å². The van der Waals surface area contributed by atoms with E-state index in [-0.39, 0.29) is 0 Å². The van der Waals surface area contributed by atoms with Gasteiger partial charge in [-0.05, 0) is 25.7 Å².